The molecule has 0 saturated carbocycles. The number of ether oxygens (including phenoxy) is 2. The quantitative estimate of drug-likeness (QED) is 0.636. The van der Waals surface area contributed by atoms with E-state index < -0.39 is 17.3 Å². The molecule has 0 bridgehead atoms. The Kier molecular flexibility index (Phi) is 7.65. The first-order chi connectivity index (χ1) is 13.8. The van der Waals surface area contributed by atoms with Gasteiger partial charge in [0.1, 0.15) is 0 Å². The third-order valence-electron chi connectivity index (χ3n) is 4.80. The van der Waals surface area contributed by atoms with Crippen LogP contribution in [0.3, 0.4) is 0 Å². The van der Waals surface area contributed by atoms with Gasteiger partial charge in [0.15, 0.2) is 11.5 Å². The van der Waals surface area contributed by atoms with Gasteiger partial charge in [0.05, 0.1) is 24.5 Å². The zero-order valence-corrected chi connectivity index (χ0v) is 17.4. The molecule has 2 aromatic carbocycles. The summed E-state index contributed by atoms with van der Waals surface area (Å²) in [5.74, 6) is -0.833. The average Bonchev–Trinajstić information content (AvgIpc) is 2.70. The number of rotatable bonds is 10. The van der Waals surface area contributed by atoms with Crippen molar-refractivity contribution in [1.29, 1.82) is 0 Å². The molecule has 29 heavy (non-hydrogen) atoms. The van der Waals surface area contributed by atoms with Crippen LogP contribution in [-0.2, 0) is 15.0 Å². The number of nitrogens with one attached hydrogen (secondary N) is 1. The van der Waals surface area contributed by atoms with Gasteiger partial charge in [-0.1, -0.05) is 36.4 Å². The van der Waals surface area contributed by atoms with E-state index in [1.54, 1.807) is 50.2 Å². The van der Waals surface area contributed by atoms with Gasteiger partial charge in [-0.15, -0.1) is 0 Å². The average molecular weight is 399 g/mol. The molecule has 0 radical (unpaired) electrons. The largest absolute Gasteiger partial charge is 0.490 e. The number of hydrogen-bond acceptors (Lipinski definition) is 4. The lowest BCUT2D eigenvalue weighted by atomic mass is 9.83. The molecule has 6 nitrogen and oxygen atoms in total. The third kappa shape index (κ3) is 5.50. The van der Waals surface area contributed by atoms with E-state index >= 15 is 0 Å². The normalized spacial score (nSPS) is 12.1. The molecule has 2 rings (SSSR count). The number of amides is 1. The van der Waals surface area contributed by atoms with E-state index in [2.05, 4.69) is 5.32 Å². The highest BCUT2D eigenvalue weighted by Crippen LogP contribution is 2.34. The van der Waals surface area contributed by atoms with E-state index in [9.17, 15) is 14.7 Å². The third-order valence-corrected chi connectivity index (χ3v) is 4.80. The molecule has 0 saturated heterocycles. The van der Waals surface area contributed by atoms with Crippen molar-refractivity contribution in [3.05, 3.63) is 59.7 Å². The zero-order chi connectivity index (χ0) is 21.4. The van der Waals surface area contributed by atoms with E-state index in [4.69, 9.17) is 9.47 Å². The predicted molar refractivity (Wildman–Crippen MR) is 112 cm³/mol. The van der Waals surface area contributed by atoms with Gasteiger partial charge in [-0.3, -0.25) is 9.59 Å². The minimum Gasteiger partial charge on any atom is -0.490 e. The van der Waals surface area contributed by atoms with Crippen LogP contribution >= 0.6 is 0 Å². The molecule has 0 aliphatic rings. The van der Waals surface area contributed by atoms with Gasteiger partial charge < -0.3 is 19.9 Å². The Hall–Kier alpha value is -3.02. The monoisotopic (exact) mass is 399 g/mol. The van der Waals surface area contributed by atoms with Crippen molar-refractivity contribution in [2.75, 3.05) is 19.8 Å². The Balaban J connectivity index is 2.18. The molecule has 2 aromatic rings. The molecule has 0 spiro atoms. The predicted octanol–water partition coefficient (Wildman–Crippen LogP) is 3.75. The smallest absolute Gasteiger partial charge is 0.312 e. The molecule has 1 unspecified atom stereocenters. The number of carboxylic acids is 1. The van der Waals surface area contributed by atoms with Crippen molar-refractivity contribution in [2.24, 2.45) is 0 Å². The summed E-state index contributed by atoms with van der Waals surface area (Å²) in [6, 6.07) is 14.3. The molecule has 0 heterocycles. The van der Waals surface area contributed by atoms with Crippen molar-refractivity contribution in [3.8, 4) is 11.5 Å². The van der Waals surface area contributed by atoms with Crippen LogP contribution in [0.25, 0.3) is 0 Å². The maximum Gasteiger partial charge on any atom is 0.312 e. The fourth-order valence-electron chi connectivity index (χ4n) is 3.02. The highest BCUT2D eigenvalue weighted by Gasteiger charge is 2.32. The summed E-state index contributed by atoms with van der Waals surface area (Å²) in [7, 11) is 0. The van der Waals surface area contributed by atoms with Crippen molar-refractivity contribution >= 4 is 11.9 Å². The Morgan fingerprint density at radius 1 is 1.00 bits per heavy atom. The Bertz CT molecular complexity index is 832. The zero-order valence-electron chi connectivity index (χ0n) is 17.4. The fourth-order valence-corrected chi connectivity index (χ4v) is 3.02. The van der Waals surface area contributed by atoms with Crippen LogP contribution in [0.15, 0.2) is 48.5 Å². The lowest BCUT2D eigenvalue weighted by Gasteiger charge is -2.26. The van der Waals surface area contributed by atoms with Crippen molar-refractivity contribution in [2.45, 2.75) is 39.0 Å². The molecule has 156 valence electrons. The standard InChI is InChI=1S/C23H29NO5/c1-5-28-19-13-12-17(14-20(19)29-6-2)23(3,4)22(27)24-15-18(21(25)26)16-10-8-7-9-11-16/h7-14,18H,5-6,15H2,1-4H3,(H,24,27)(H,25,26). The van der Waals surface area contributed by atoms with E-state index in [0.29, 0.717) is 30.3 Å². The van der Waals surface area contributed by atoms with E-state index in [0.717, 1.165) is 5.56 Å². The molecule has 0 fully saturated rings. The van der Waals surface area contributed by atoms with Gasteiger partial charge in [-0.05, 0) is 51.0 Å². The summed E-state index contributed by atoms with van der Waals surface area (Å²) in [5, 5.41) is 12.4. The Labute approximate surface area is 171 Å². The second kappa shape index (κ2) is 9.96. The molecule has 0 aliphatic heterocycles. The minimum atomic E-state index is -0.978. The molecule has 0 aliphatic carbocycles. The lowest BCUT2D eigenvalue weighted by molar-refractivity contribution is -0.138. The SMILES string of the molecule is CCOc1ccc(C(C)(C)C(=O)NCC(C(=O)O)c2ccccc2)cc1OCC. The molecular weight excluding hydrogens is 370 g/mol. The van der Waals surface area contributed by atoms with Crippen LogP contribution in [-0.4, -0.2) is 36.7 Å². The number of aliphatic carboxylic acids is 1. The fraction of sp³-hybridized carbons (Fsp3) is 0.391. The first-order valence-electron chi connectivity index (χ1n) is 9.77. The molecular formula is C23H29NO5. The highest BCUT2D eigenvalue weighted by atomic mass is 16.5. The van der Waals surface area contributed by atoms with Crippen LogP contribution in [0.1, 0.15) is 44.7 Å². The highest BCUT2D eigenvalue weighted by molar-refractivity contribution is 5.88. The van der Waals surface area contributed by atoms with Crippen LogP contribution in [0.5, 0.6) is 11.5 Å². The number of carboxylic acid groups (broad SMARTS) is 1. The van der Waals surface area contributed by atoms with Crippen LogP contribution in [0.2, 0.25) is 0 Å². The number of carbonyl (C=O) groups is 2. The molecule has 2 N–H and O–H groups in total. The van der Waals surface area contributed by atoms with Crippen molar-refractivity contribution in [1.82, 2.24) is 5.32 Å². The maximum absolute atomic E-state index is 12.9. The van der Waals surface area contributed by atoms with E-state index in [1.807, 2.05) is 26.0 Å². The van der Waals surface area contributed by atoms with Crippen molar-refractivity contribution in [3.63, 3.8) is 0 Å². The summed E-state index contributed by atoms with van der Waals surface area (Å²) in [6.45, 7) is 8.38. The molecule has 1 atom stereocenters. The topological polar surface area (TPSA) is 84.9 Å². The minimum absolute atomic E-state index is 0.0109. The second-order valence-electron chi connectivity index (χ2n) is 7.16. The van der Waals surface area contributed by atoms with E-state index in [1.165, 1.54) is 0 Å². The summed E-state index contributed by atoms with van der Waals surface area (Å²) >= 11 is 0. The van der Waals surface area contributed by atoms with Crippen molar-refractivity contribution < 1.29 is 24.2 Å². The molecule has 1 amide bonds. The summed E-state index contributed by atoms with van der Waals surface area (Å²) in [6.07, 6.45) is 0. The summed E-state index contributed by atoms with van der Waals surface area (Å²) < 4.78 is 11.2. The van der Waals surface area contributed by atoms with Gasteiger partial charge in [0.2, 0.25) is 5.91 Å². The van der Waals surface area contributed by atoms with Gasteiger partial charge in [-0.25, -0.2) is 0 Å². The van der Waals surface area contributed by atoms with Gasteiger partial charge in [0.25, 0.3) is 0 Å². The number of carbonyl (C=O) groups excluding carboxylic acids is 1. The van der Waals surface area contributed by atoms with Gasteiger partial charge in [0, 0.05) is 6.54 Å². The molecule has 6 heteroatoms. The Morgan fingerprint density at radius 3 is 2.21 bits per heavy atom. The van der Waals surface area contributed by atoms with Crippen LogP contribution < -0.4 is 14.8 Å². The first kappa shape index (κ1) is 22.3. The molecule has 0 aromatic heterocycles. The lowest BCUT2D eigenvalue weighted by Crippen LogP contribution is -2.42. The maximum atomic E-state index is 12.9. The summed E-state index contributed by atoms with van der Waals surface area (Å²) in [4.78, 5) is 24.6. The first-order valence-corrected chi connectivity index (χ1v) is 9.77. The van der Waals surface area contributed by atoms with E-state index in [-0.39, 0.29) is 12.5 Å². The van der Waals surface area contributed by atoms with Gasteiger partial charge in [-0.2, -0.15) is 0 Å². The van der Waals surface area contributed by atoms with Gasteiger partial charge >= 0.3 is 5.97 Å². The van der Waals surface area contributed by atoms with Crippen LogP contribution in [0, 0.1) is 0 Å². The number of benzene rings is 2. The number of hydrogen-bond donors (Lipinski definition) is 2. The van der Waals surface area contributed by atoms with Crippen LogP contribution in [0.4, 0.5) is 0 Å². The summed E-state index contributed by atoms with van der Waals surface area (Å²) in [5.41, 5.74) is 0.530. The Morgan fingerprint density at radius 2 is 1.62 bits per heavy atom. The second-order valence-corrected chi connectivity index (χ2v) is 7.16.